The molecular weight excluding hydrogens is 268 g/mol. The van der Waals surface area contributed by atoms with E-state index >= 15 is 0 Å². The number of fused-ring (bicyclic) bond motifs is 1. The van der Waals surface area contributed by atoms with Crippen molar-refractivity contribution in [3.8, 4) is 0 Å². The van der Waals surface area contributed by atoms with Gasteiger partial charge < -0.3 is 20.3 Å². The number of rotatable bonds is 4. The van der Waals surface area contributed by atoms with Crippen LogP contribution in [0.3, 0.4) is 0 Å². The number of anilines is 2. The van der Waals surface area contributed by atoms with Gasteiger partial charge in [0.25, 0.3) is 0 Å². The molecule has 0 spiro atoms. The summed E-state index contributed by atoms with van der Waals surface area (Å²) in [5, 5.41) is 9.05. The normalized spacial score (nSPS) is 21.3. The van der Waals surface area contributed by atoms with Crippen LogP contribution in [0.4, 0.5) is 11.8 Å². The number of imidazole rings is 1. The number of aromatic nitrogens is 4. The first-order valence-electron chi connectivity index (χ1n) is 7.06. The summed E-state index contributed by atoms with van der Waals surface area (Å²) in [6.45, 7) is 0.215. The highest BCUT2D eigenvalue weighted by Crippen LogP contribution is 2.33. The average Bonchev–Trinajstić information content (AvgIpc) is 3.04. The Balaban J connectivity index is 2.00. The highest BCUT2D eigenvalue weighted by Gasteiger charge is 2.23. The van der Waals surface area contributed by atoms with E-state index in [2.05, 4.69) is 27.1 Å². The maximum Gasteiger partial charge on any atom is 0.224 e. The smallest absolute Gasteiger partial charge is 0.224 e. The first kappa shape index (κ1) is 13.8. The van der Waals surface area contributed by atoms with E-state index < -0.39 is 0 Å². The molecule has 21 heavy (non-hydrogen) atoms. The third kappa shape index (κ3) is 2.44. The van der Waals surface area contributed by atoms with Crippen molar-refractivity contribution in [3.05, 3.63) is 18.5 Å². The number of aliphatic hydroxyl groups excluding tert-OH is 1. The average molecular weight is 288 g/mol. The van der Waals surface area contributed by atoms with Gasteiger partial charge in [-0.1, -0.05) is 12.2 Å². The highest BCUT2D eigenvalue weighted by molar-refractivity contribution is 5.84. The van der Waals surface area contributed by atoms with Crippen LogP contribution in [-0.4, -0.2) is 45.3 Å². The molecule has 112 valence electrons. The van der Waals surface area contributed by atoms with Gasteiger partial charge in [0.1, 0.15) is 0 Å². The predicted octanol–water partition coefficient (Wildman–Crippen LogP) is 0.974. The number of allylic oxidation sites excluding steroid dienone is 2. The number of hydrogen-bond acceptors (Lipinski definition) is 6. The molecular formula is C14H20N6O. The minimum absolute atomic E-state index is 0.205. The van der Waals surface area contributed by atoms with Crippen LogP contribution in [0, 0.1) is 5.92 Å². The molecule has 0 radical (unpaired) electrons. The molecule has 0 amide bonds. The van der Waals surface area contributed by atoms with Gasteiger partial charge in [-0.2, -0.15) is 9.97 Å². The van der Waals surface area contributed by atoms with Crippen molar-refractivity contribution in [1.82, 2.24) is 19.5 Å². The van der Waals surface area contributed by atoms with E-state index in [0.717, 1.165) is 29.8 Å². The summed E-state index contributed by atoms with van der Waals surface area (Å²) in [5.74, 6) is 1.39. The number of nitrogens with two attached hydrogens (primary N) is 1. The van der Waals surface area contributed by atoms with Crippen molar-refractivity contribution < 1.29 is 5.11 Å². The van der Waals surface area contributed by atoms with Crippen LogP contribution in [0.5, 0.6) is 0 Å². The SMILES string of the molecule is CN(C)c1nc(N)nc2c1ncn2[C@H]1C=C[C@@H](CCO)C1. The summed E-state index contributed by atoms with van der Waals surface area (Å²) in [5.41, 5.74) is 7.34. The Morgan fingerprint density at radius 3 is 2.90 bits per heavy atom. The van der Waals surface area contributed by atoms with Gasteiger partial charge in [0, 0.05) is 20.7 Å². The Morgan fingerprint density at radius 2 is 2.19 bits per heavy atom. The van der Waals surface area contributed by atoms with Gasteiger partial charge in [-0.25, -0.2) is 4.98 Å². The summed E-state index contributed by atoms with van der Waals surface area (Å²) in [6, 6.07) is 0.205. The molecule has 2 aromatic heterocycles. The molecule has 0 aliphatic heterocycles. The Labute approximate surface area is 123 Å². The first-order valence-corrected chi connectivity index (χ1v) is 7.06. The van der Waals surface area contributed by atoms with Crippen LogP contribution in [0.15, 0.2) is 18.5 Å². The van der Waals surface area contributed by atoms with Crippen LogP contribution < -0.4 is 10.6 Å². The van der Waals surface area contributed by atoms with E-state index in [1.807, 2.05) is 23.6 Å². The fourth-order valence-corrected chi connectivity index (χ4v) is 2.81. The van der Waals surface area contributed by atoms with Crippen molar-refractivity contribution in [2.45, 2.75) is 18.9 Å². The molecule has 0 unspecified atom stereocenters. The van der Waals surface area contributed by atoms with Crippen molar-refractivity contribution >= 4 is 22.9 Å². The first-order chi connectivity index (χ1) is 10.1. The van der Waals surface area contributed by atoms with E-state index in [1.165, 1.54) is 0 Å². The minimum atomic E-state index is 0.205. The van der Waals surface area contributed by atoms with Crippen LogP contribution in [0.1, 0.15) is 18.9 Å². The van der Waals surface area contributed by atoms with Crippen molar-refractivity contribution in [2.75, 3.05) is 31.3 Å². The Kier molecular flexibility index (Phi) is 3.50. The van der Waals surface area contributed by atoms with E-state index in [9.17, 15) is 0 Å². The van der Waals surface area contributed by atoms with E-state index in [0.29, 0.717) is 5.92 Å². The lowest BCUT2D eigenvalue weighted by Gasteiger charge is -2.15. The van der Waals surface area contributed by atoms with Gasteiger partial charge in [0.05, 0.1) is 12.4 Å². The molecule has 2 heterocycles. The number of hydrogen-bond donors (Lipinski definition) is 2. The van der Waals surface area contributed by atoms with E-state index in [-0.39, 0.29) is 18.6 Å². The molecule has 7 nitrogen and oxygen atoms in total. The summed E-state index contributed by atoms with van der Waals surface area (Å²) < 4.78 is 2.04. The molecule has 0 saturated heterocycles. The molecule has 2 atom stereocenters. The summed E-state index contributed by atoms with van der Waals surface area (Å²) in [4.78, 5) is 14.9. The van der Waals surface area contributed by atoms with Gasteiger partial charge in [-0.3, -0.25) is 0 Å². The fraction of sp³-hybridized carbons (Fsp3) is 0.500. The maximum atomic E-state index is 9.05. The highest BCUT2D eigenvalue weighted by atomic mass is 16.3. The summed E-state index contributed by atoms with van der Waals surface area (Å²) in [7, 11) is 3.82. The van der Waals surface area contributed by atoms with Crippen molar-refractivity contribution in [3.63, 3.8) is 0 Å². The van der Waals surface area contributed by atoms with Gasteiger partial charge in [-0.15, -0.1) is 0 Å². The lowest BCUT2D eigenvalue weighted by molar-refractivity contribution is 0.265. The Morgan fingerprint density at radius 1 is 1.38 bits per heavy atom. The quantitative estimate of drug-likeness (QED) is 0.814. The number of aliphatic hydroxyl groups is 1. The summed E-state index contributed by atoms with van der Waals surface area (Å²) in [6.07, 6.45) is 7.84. The van der Waals surface area contributed by atoms with Gasteiger partial charge >= 0.3 is 0 Å². The Bertz CT molecular complexity index is 677. The maximum absolute atomic E-state index is 9.05. The molecule has 3 N–H and O–H groups in total. The lowest BCUT2D eigenvalue weighted by atomic mass is 10.0. The zero-order chi connectivity index (χ0) is 15.0. The fourth-order valence-electron chi connectivity index (χ4n) is 2.81. The molecule has 3 rings (SSSR count). The molecule has 0 aromatic carbocycles. The van der Waals surface area contributed by atoms with Crippen molar-refractivity contribution in [2.24, 2.45) is 5.92 Å². The van der Waals surface area contributed by atoms with Crippen molar-refractivity contribution in [1.29, 1.82) is 0 Å². The molecule has 0 saturated carbocycles. The standard InChI is InChI=1S/C14H20N6O/c1-19(2)12-11-13(18-14(15)17-12)20(8-16-11)10-4-3-9(7-10)5-6-21/h3-4,8-10,21H,5-7H2,1-2H3,(H2,15,17,18)/t9-,10-/m0/s1. The molecule has 7 heteroatoms. The number of nitrogens with zero attached hydrogens (tertiary/aromatic N) is 5. The Hall–Kier alpha value is -2.15. The predicted molar refractivity (Wildman–Crippen MR) is 82.0 cm³/mol. The molecule has 1 aliphatic carbocycles. The van der Waals surface area contributed by atoms with Gasteiger partial charge in [0.2, 0.25) is 5.95 Å². The third-order valence-electron chi connectivity index (χ3n) is 3.85. The lowest BCUT2D eigenvalue weighted by Crippen LogP contribution is -2.14. The molecule has 2 aromatic rings. The zero-order valence-corrected chi connectivity index (χ0v) is 12.3. The third-order valence-corrected chi connectivity index (χ3v) is 3.85. The molecule has 0 fully saturated rings. The van der Waals surface area contributed by atoms with E-state index in [4.69, 9.17) is 10.8 Å². The van der Waals surface area contributed by atoms with Gasteiger partial charge in [0.15, 0.2) is 17.0 Å². The monoisotopic (exact) mass is 288 g/mol. The van der Waals surface area contributed by atoms with Crippen LogP contribution in [-0.2, 0) is 0 Å². The second-order valence-corrected chi connectivity index (χ2v) is 5.58. The zero-order valence-electron chi connectivity index (χ0n) is 12.3. The number of nitrogen functional groups attached to an aromatic ring is 1. The molecule has 1 aliphatic rings. The van der Waals surface area contributed by atoms with E-state index in [1.54, 1.807) is 6.33 Å². The molecule has 0 bridgehead atoms. The largest absolute Gasteiger partial charge is 0.396 e. The second kappa shape index (κ2) is 5.33. The minimum Gasteiger partial charge on any atom is -0.396 e. The summed E-state index contributed by atoms with van der Waals surface area (Å²) >= 11 is 0. The van der Waals surface area contributed by atoms with Gasteiger partial charge in [-0.05, 0) is 18.8 Å². The van der Waals surface area contributed by atoms with Crippen LogP contribution in [0.25, 0.3) is 11.2 Å². The topological polar surface area (TPSA) is 93.1 Å². The van der Waals surface area contributed by atoms with Crippen LogP contribution >= 0.6 is 0 Å². The second-order valence-electron chi connectivity index (χ2n) is 5.58. The van der Waals surface area contributed by atoms with Crippen LogP contribution in [0.2, 0.25) is 0 Å².